The van der Waals surface area contributed by atoms with Crippen LogP contribution in [0, 0.1) is 0 Å². The first-order valence-electron chi connectivity index (χ1n) is 12.3. The number of ether oxygens (including phenoxy) is 1. The molecule has 0 saturated heterocycles. The molecule has 0 aliphatic heterocycles. The molecular weight excluding hydrogens is 436 g/mol. The molecule has 3 aromatic rings. The Balaban J connectivity index is 1.90. The lowest BCUT2D eigenvalue weighted by atomic mass is 9.88. The molecule has 5 heteroatoms. The highest BCUT2D eigenvalue weighted by Gasteiger charge is 2.29. The molecule has 5 nitrogen and oxygen atoms in total. The van der Waals surface area contributed by atoms with E-state index < -0.39 is 6.04 Å². The molecule has 0 bridgehead atoms. The Bertz CT molecular complexity index is 1030. The van der Waals surface area contributed by atoms with Gasteiger partial charge >= 0.3 is 0 Å². The standard InChI is InChI=1S/C30H36N2O3/c1-5-22(2)31-30(34)23(3)32(21-24-16-18-27(35-4)19-17-24)29(33)20-28(25-12-8-6-9-13-25)26-14-10-7-11-15-26/h6-19,22-23,28H,5,20-21H2,1-4H3,(H,31,34). The van der Waals surface area contributed by atoms with E-state index in [0.717, 1.165) is 28.9 Å². The van der Waals surface area contributed by atoms with Gasteiger partial charge in [0.2, 0.25) is 11.8 Å². The van der Waals surface area contributed by atoms with E-state index in [-0.39, 0.29) is 30.2 Å². The number of hydrogen-bond acceptors (Lipinski definition) is 3. The van der Waals surface area contributed by atoms with Gasteiger partial charge < -0.3 is 15.0 Å². The van der Waals surface area contributed by atoms with Crippen LogP contribution in [0.3, 0.4) is 0 Å². The maximum atomic E-state index is 13.9. The monoisotopic (exact) mass is 472 g/mol. The second kappa shape index (κ2) is 12.7. The molecule has 2 amide bonds. The van der Waals surface area contributed by atoms with Crippen molar-refractivity contribution in [2.24, 2.45) is 0 Å². The summed E-state index contributed by atoms with van der Waals surface area (Å²) in [7, 11) is 1.62. The fraction of sp³-hybridized carbons (Fsp3) is 0.333. The summed E-state index contributed by atoms with van der Waals surface area (Å²) in [5.41, 5.74) is 3.10. The summed E-state index contributed by atoms with van der Waals surface area (Å²) in [5, 5.41) is 3.03. The van der Waals surface area contributed by atoms with E-state index in [9.17, 15) is 9.59 Å². The SMILES string of the molecule is CCC(C)NC(=O)C(C)N(Cc1ccc(OC)cc1)C(=O)CC(c1ccccc1)c1ccccc1. The number of rotatable bonds is 11. The highest BCUT2D eigenvalue weighted by molar-refractivity contribution is 5.88. The third-order valence-corrected chi connectivity index (χ3v) is 6.46. The Labute approximate surface area is 209 Å². The van der Waals surface area contributed by atoms with Gasteiger partial charge in [-0.3, -0.25) is 9.59 Å². The maximum absolute atomic E-state index is 13.9. The van der Waals surface area contributed by atoms with Gasteiger partial charge in [0.25, 0.3) is 0 Å². The van der Waals surface area contributed by atoms with Gasteiger partial charge in [-0.25, -0.2) is 0 Å². The molecule has 0 aliphatic rings. The Morgan fingerprint density at radius 1 is 0.857 bits per heavy atom. The van der Waals surface area contributed by atoms with Gasteiger partial charge in [0.1, 0.15) is 11.8 Å². The van der Waals surface area contributed by atoms with Crippen molar-refractivity contribution in [3.63, 3.8) is 0 Å². The molecular formula is C30H36N2O3. The quantitative estimate of drug-likeness (QED) is 0.398. The first-order chi connectivity index (χ1) is 16.9. The molecule has 2 unspecified atom stereocenters. The number of methoxy groups -OCH3 is 1. The van der Waals surface area contributed by atoms with Crippen molar-refractivity contribution in [1.29, 1.82) is 0 Å². The number of amides is 2. The third-order valence-electron chi connectivity index (χ3n) is 6.46. The third kappa shape index (κ3) is 7.19. The molecule has 0 spiro atoms. The molecule has 35 heavy (non-hydrogen) atoms. The number of carbonyl (C=O) groups is 2. The Morgan fingerprint density at radius 2 is 1.40 bits per heavy atom. The van der Waals surface area contributed by atoms with Crippen LogP contribution in [-0.4, -0.2) is 35.9 Å². The van der Waals surface area contributed by atoms with E-state index in [1.807, 2.05) is 74.5 Å². The highest BCUT2D eigenvalue weighted by atomic mass is 16.5. The highest BCUT2D eigenvalue weighted by Crippen LogP contribution is 2.29. The van der Waals surface area contributed by atoms with E-state index >= 15 is 0 Å². The molecule has 3 rings (SSSR count). The van der Waals surface area contributed by atoms with Crippen LogP contribution in [0.5, 0.6) is 5.75 Å². The van der Waals surface area contributed by atoms with Crippen LogP contribution in [0.25, 0.3) is 0 Å². The van der Waals surface area contributed by atoms with Crippen molar-refractivity contribution in [1.82, 2.24) is 10.2 Å². The molecule has 0 aliphatic carbocycles. The van der Waals surface area contributed by atoms with Crippen molar-refractivity contribution >= 4 is 11.8 Å². The fourth-order valence-electron chi connectivity index (χ4n) is 4.07. The minimum Gasteiger partial charge on any atom is -0.497 e. The Morgan fingerprint density at radius 3 is 1.89 bits per heavy atom. The van der Waals surface area contributed by atoms with Gasteiger partial charge in [-0.1, -0.05) is 79.7 Å². The van der Waals surface area contributed by atoms with E-state index in [0.29, 0.717) is 6.54 Å². The molecule has 1 N–H and O–H groups in total. The van der Waals surface area contributed by atoms with Crippen LogP contribution < -0.4 is 10.1 Å². The average molecular weight is 473 g/mol. The average Bonchev–Trinajstić information content (AvgIpc) is 2.91. The van der Waals surface area contributed by atoms with Crippen molar-refractivity contribution in [3.8, 4) is 5.75 Å². The molecule has 3 aromatic carbocycles. The normalized spacial score (nSPS) is 12.6. The second-order valence-electron chi connectivity index (χ2n) is 8.94. The summed E-state index contributed by atoms with van der Waals surface area (Å²) in [5.74, 6) is 0.443. The first-order valence-corrected chi connectivity index (χ1v) is 12.3. The number of nitrogens with one attached hydrogen (secondary N) is 1. The van der Waals surface area contributed by atoms with E-state index in [2.05, 4.69) is 29.6 Å². The number of carbonyl (C=O) groups excluding carboxylic acids is 2. The molecule has 184 valence electrons. The number of hydrogen-bond donors (Lipinski definition) is 1. The molecule has 0 fully saturated rings. The van der Waals surface area contributed by atoms with Gasteiger partial charge in [0.05, 0.1) is 7.11 Å². The topological polar surface area (TPSA) is 58.6 Å². The molecule has 2 atom stereocenters. The van der Waals surface area contributed by atoms with Crippen molar-refractivity contribution in [2.45, 2.75) is 58.2 Å². The lowest BCUT2D eigenvalue weighted by molar-refractivity contribution is -0.141. The number of benzene rings is 3. The molecule has 0 radical (unpaired) electrons. The minimum atomic E-state index is -0.606. The minimum absolute atomic E-state index is 0.0456. The fourth-order valence-corrected chi connectivity index (χ4v) is 4.07. The summed E-state index contributed by atoms with van der Waals surface area (Å²) in [4.78, 5) is 28.6. The zero-order valence-corrected chi connectivity index (χ0v) is 21.1. The molecule has 0 heterocycles. The number of nitrogens with zero attached hydrogens (tertiary/aromatic N) is 1. The lowest BCUT2D eigenvalue weighted by Crippen LogP contribution is -2.49. The van der Waals surface area contributed by atoms with E-state index in [4.69, 9.17) is 4.74 Å². The van der Waals surface area contributed by atoms with Crippen LogP contribution in [0.4, 0.5) is 0 Å². The van der Waals surface area contributed by atoms with Crippen molar-refractivity contribution < 1.29 is 14.3 Å². The maximum Gasteiger partial charge on any atom is 0.242 e. The summed E-state index contributed by atoms with van der Waals surface area (Å²) in [6.07, 6.45) is 1.10. The van der Waals surface area contributed by atoms with Crippen LogP contribution in [0.2, 0.25) is 0 Å². The first kappa shape index (κ1) is 26.0. The Kier molecular flexibility index (Phi) is 9.47. The van der Waals surface area contributed by atoms with Crippen molar-refractivity contribution in [3.05, 3.63) is 102 Å². The van der Waals surface area contributed by atoms with Gasteiger partial charge in [0.15, 0.2) is 0 Å². The van der Waals surface area contributed by atoms with Gasteiger partial charge in [-0.15, -0.1) is 0 Å². The van der Waals surface area contributed by atoms with Crippen LogP contribution >= 0.6 is 0 Å². The summed E-state index contributed by atoms with van der Waals surface area (Å²) < 4.78 is 5.27. The zero-order chi connectivity index (χ0) is 25.2. The van der Waals surface area contributed by atoms with Crippen LogP contribution in [0.15, 0.2) is 84.9 Å². The van der Waals surface area contributed by atoms with E-state index in [1.165, 1.54) is 0 Å². The largest absolute Gasteiger partial charge is 0.497 e. The van der Waals surface area contributed by atoms with Crippen LogP contribution in [-0.2, 0) is 16.1 Å². The summed E-state index contributed by atoms with van der Waals surface area (Å²) in [6, 6.07) is 27.2. The lowest BCUT2D eigenvalue weighted by Gasteiger charge is -2.31. The summed E-state index contributed by atoms with van der Waals surface area (Å²) >= 11 is 0. The summed E-state index contributed by atoms with van der Waals surface area (Å²) in [6.45, 7) is 6.15. The second-order valence-corrected chi connectivity index (χ2v) is 8.94. The Hall–Kier alpha value is -3.60. The molecule has 0 aromatic heterocycles. The van der Waals surface area contributed by atoms with Crippen molar-refractivity contribution in [2.75, 3.05) is 7.11 Å². The predicted molar refractivity (Wildman–Crippen MR) is 140 cm³/mol. The zero-order valence-electron chi connectivity index (χ0n) is 21.1. The van der Waals surface area contributed by atoms with Gasteiger partial charge in [-0.2, -0.15) is 0 Å². The molecule has 0 saturated carbocycles. The smallest absolute Gasteiger partial charge is 0.242 e. The van der Waals surface area contributed by atoms with Gasteiger partial charge in [-0.05, 0) is 49.1 Å². The van der Waals surface area contributed by atoms with Gasteiger partial charge in [0, 0.05) is 24.9 Å². The van der Waals surface area contributed by atoms with Crippen LogP contribution in [0.1, 0.15) is 56.2 Å². The predicted octanol–water partition coefficient (Wildman–Crippen LogP) is 5.55. The van der Waals surface area contributed by atoms with E-state index in [1.54, 1.807) is 18.9 Å².